The Balaban J connectivity index is 0.00000148. The van der Waals surface area contributed by atoms with Gasteiger partial charge in [-0.3, -0.25) is 0 Å². The molecule has 0 fully saturated rings. The average Bonchev–Trinajstić information content (AvgIpc) is 2.98. The largest absolute Gasteiger partial charge is 0.464 e. The van der Waals surface area contributed by atoms with Gasteiger partial charge < -0.3 is 9.05 Å². The molecular formula is C30H26ClInO2P2. The third-order valence-electron chi connectivity index (χ3n) is 5.16. The summed E-state index contributed by atoms with van der Waals surface area (Å²) >= 11 is 0.422. The van der Waals surface area contributed by atoms with Gasteiger partial charge in [-0.05, 0) is 12.1 Å². The van der Waals surface area contributed by atoms with E-state index in [0.29, 0.717) is 23.2 Å². The molecule has 178 valence electrons. The zero-order chi connectivity index (χ0) is 25.0. The Kier molecular flexibility index (Phi) is 10.8. The van der Waals surface area contributed by atoms with Gasteiger partial charge in [0.05, 0.1) is 0 Å². The van der Waals surface area contributed by atoms with Crippen LogP contribution in [-0.2, 0) is 0 Å². The van der Waals surface area contributed by atoms with Crippen LogP contribution in [0.2, 0.25) is 0 Å². The third kappa shape index (κ3) is 7.37. The summed E-state index contributed by atoms with van der Waals surface area (Å²) in [4.78, 5) is 0. The molecule has 0 amide bonds. The molecule has 2 nitrogen and oxygen atoms in total. The molecule has 0 heterocycles. The molecule has 0 bridgehead atoms. The van der Waals surface area contributed by atoms with Crippen molar-refractivity contribution in [3.05, 3.63) is 146 Å². The maximum absolute atomic E-state index is 6.61. The van der Waals surface area contributed by atoms with Crippen molar-refractivity contribution in [3.63, 3.8) is 0 Å². The summed E-state index contributed by atoms with van der Waals surface area (Å²) in [6.07, 6.45) is 0. The van der Waals surface area contributed by atoms with E-state index in [1.807, 2.05) is 48.5 Å². The molecule has 5 aromatic rings. The Morgan fingerprint density at radius 2 is 0.667 bits per heavy atom. The van der Waals surface area contributed by atoms with Crippen molar-refractivity contribution in [3.8, 4) is 11.5 Å². The Labute approximate surface area is 234 Å². The molecule has 0 radical (unpaired) electrons. The van der Waals surface area contributed by atoms with E-state index < -0.39 is 16.3 Å². The number of benzene rings is 5. The zero-order valence-electron chi connectivity index (χ0n) is 19.9. The molecule has 0 aromatic heterocycles. The molecule has 0 spiro atoms. The van der Waals surface area contributed by atoms with Gasteiger partial charge in [0.1, 0.15) is 11.5 Å². The minimum atomic E-state index is -0.998. The molecule has 0 saturated carbocycles. The minimum absolute atomic E-state index is 0.422. The van der Waals surface area contributed by atoms with Crippen LogP contribution in [0.1, 0.15) is 0 Å². The fourth-order valence-electron chi connectivity index (χ4n) is 3.56. The first-order valence-electron chi connectivity index (χ1n) is 11.5. The van der Waals surface area contributed by atoms with Crippen LogP contribution in [-0.4, -0.2) is 23.2 Å². The van der Waals surface area contributed by atoms with Crippen molar-refractivity contribution in [1.29, 1.82) is 0 Å². The normalized spacial score (nSPS) is 10.4. The summed E-state index contributed by atoms with van der Waals surface area (Å²) < 4.78 is 13.2. The topological polar surface area (TPSA) is 18.5 Å². The van der Waals surface area contributed by atoms with Gasteiger partial charge >= 0.3 is 31.8 Å². The zero-order valence-corrected chi connectivity index (χ0v) is 28.2. The molecular weight excluding hydrogens is 605 g/mol. The Morgan fingerprint density at radius 1 is 0.389 bits per heavy atom. The first kappa shape index (κ1) is 26.8. The van der Waals surface area contributed by atoms with Crippen LogP contribution in [0, 0.1) is 0 Å². The van der Waals surface area contributed by atoms with Gasteiger partial charge in [0.25, 0.3) is 0 Å². The van der Waals surface area contributed by atoms with Crippen LogP contribution >= 0.6 is 24.9 Å². The molecule has 5 rings (SSSR count). The molecule has 0 aliphatic heterocycles. The van der Waals surface area contributed by atoms with E-state index in [9.17, 15) is 0 Å². The fourth-order valence-corrected chi connectivity index (χ4v) is 7.00. The van der Waals surface area contributed by atoms with E-state index in [-0.39, 0.29) is 0 Å². The van der Waals surface area contributed by atoms with Crippen molar-refractivity contribution < 1.29 is 9.05 Å². The van der Waals surface area contributed by atoms with Gasteiger partial charge in [-0.15, -0.1) is 0 Å². The van der Waals surface area contributed by atoms with Gasteiger partial charge in [-0.25, -0.2) is 0 Å². The van der Waals surface area contributed by atoms with Crippen LogP contribution in [0.4, 0.5) is 0 Å². The number of hydrogen-bond donors (Lipinski definition) is 0. The van der Waals surface area contributed by atoms with Crippen molar-refractivity contribution in [2.75, 3.05) is 0 Å². The van der Waals surface area contributed by atoms with Crippen molar-refractivity contribution >= 4 is 69.3 Å². The quantitative estimate of drug-likeness (QED) is 0.187. The summed E-state index contributed by atoms with van der Waals surface area (Å²) in [6.45, 7) is 0. The van der Waals surface area contributed by atoms with Gasteiger partial charge in [0.15, 0.2) is 16.3 Å². The Bertz CT molecular complexity index is 1130. The molecule has 0 unspecified atom stereocenters. The molecule has 0 atom stereocenters. The maximum Gasteiger partial charge on any atom is 0.150 e. The molecule has 6 heteroatoms. The number of halogens is 1. The summed E-state index contributed by atoms with van der Waals surface area (Å²) in [5.41, 5.74) is 0. The second-order valence-corrected chi connectivity index (χ2v) is 11.2. The van der Waals surface area contributed by atoms with Crippen LogP contribution in [0.3, 0.4) is 0 Å². The number of hydrogen-bond acceptors (Lipinski definition) is 2. The van der Waals surface area contributed by atoms with E-state index in [4.69, 9.17) is 17.6 Å². The average molecular weight is 631 g/mol. The van der Waals surface area contributed by atoms with Gasteiger partial charge in [0.2, 0.25) is 0 Å². The van der Waals surface area contributed by atoms with E-state index >= 15 is 0 Å². The van der Waals surface area contributed by atoms with Crippen LogP contribution in [0.5, 0.6) is 11.5 Å². The Hall–Kier alpha value is -2.28. The van der Waals surface area contributed by atoms with E-state index in [1.54, 1.807) is 0 Å². The van der Waals surface area contributed by atoms with E-state index in [1.165, 1.54) is 21.2 Å². The number of rotatable bonds is 8. The SMILES string of the molecule is [Cl][InH2].c1ccc(P(Oc2cccc(OP(c3ccccc3)c3ccccc3)c2)c2ccccc2)cc1. The third-order valence-corrected chi connectivity index (χ3v) is 9.02. The summed E-state index contributed by atoms with van der Waals surface area (Å²) in [5, 5.41) is 4.69. The van der Waals surface area contributed by atoms with Crippen molar-refractivity contribution in [1.82, 2.24) is 0 Å². The Morgan fingerprint density at radius 3 is 0.944 bits per heavy atom. The minimum Gasteiger partial charge on any atom is -0.464 e. The van der Waals surface area contributed by atoms with Crippen molar-refractivity contribution in [2.45, 2.75) is 0 Å². The van der Waals surface area contributed by atoms with Crippen molar-refractivity contribution in [2.24, 2.45) is 0 Å². The summed E-state index contributed by atoms with van der Waals surface area (Å²) in [5.74, 6) is 1.60. The first-order valence-corrected chi connectivity index (χ1v) is 21.3. The molecule has 0 aliphatic carbocycles. The van der Waals surface area contributed by atoms with Gasteiger partial charge in [0, 0.05) is 27.3 Å². The van der Waals surface area contributed by atoms with Crippen LogP contribution in [0.25, 0.3) is 0 Å². The molecule has 0 N–H and O–H groups in total. The summed E-state index contributed by atoms with van der Waals surface area (Å²) in [6, 6.07) is 49.6. The second-order valence-electron chi connectivity index (χ2n) is 7.59. The van der Waals surface area contributed by atoms with Crippen LogP contribution in [0.15, 0.2) is 146 Å². The second kappa shape index (κ2) is 14.5. The monoisotopic (exact) mass is 630 g/mol. The standard InChI is InChI=1S/C30H24O2P2.ClH.In.2H/c1-5-16-27(17-6-1)33(28-18-7-2-8-19-28)31-25-14-13-15-26(24-25)32-34(29-20-9-3-10-21-29)30-22-11-4-12-23-30;;;;/h1-24H;1H;;;/q;;+1;;/p-1. The predicted molar refractivity (Wildman–Crippen MR) is 160 cm³/mol. The van der Waals surface area contributed by atoms with Gasteiger partial charge in [-0.1, -0.05) is 127 Å². The molecule has 36 heavy (non-hydrogen) atoms. The van der Waals surface area contributed by atoms with Gasteiger partial charge in [-0.2, -0.15) is 0 Å². The smallest absolute Gasteiger partial charge is 0.150 e. The fraction of sp³-hybridized carbons (Fsp3) is 0. The molecule has 5 aromatic carbocycles. The van der Waals surface area contributed by atoms with Crippen LogP contribution < -0.4 is 30.3 Å². The molecule has 0 aliphatic rings. The van der Waals surface area contributed by atoms with E-state index in [2.05, 4.69) is 97.1 Å². The molecule has 0 saturated heterocycles. The first-order chi connectivity index (χ1) is 17.9. The van der Waals surface area contributed by atoms with E-state index in [0.717, 1.165) is 11.5 Å². The predicted octanol–water partition coefficient (Wildman–Crippen LogP) is 6.31. The maximum atomic E-state index is 6.61. The summed E-state index contributed by atoms with van der Waals surface area (Å²) in [7, 11) is 2.85.